The van der Waals surface area contributed by atoms with E-state index in [2.05, 4.69) is 22.6 Å². The molecule has 90 valence electrons. The molecule has 4 heteroatoms. The van der Waals surface area contributed by atoms with Crippen molar-refractivity contribution in [2.75, 3.05) is 18.1 Å². The molecule has 0 N–H and O–H groups in total. The lowest BCUT2D eigenvalue weighted by Gasteiger charge is -2.21. The topological polar surface area (TPSA) is 18.5 Å². The SMILES string of the molecule is COCC(C)OC(CI)c1ccccc1F. The molecule has 2 nitrogen and oxygen atoms in total. The summed E-state index contributed by atoms with van der Waals surface area (Å²) in [7, 11) is 1.63. The van der Waals surface area contributed by atoms with Crippen LogP contribution < -0.4 is 0 Å². The Bertz CT molecular complexity index is 320. The van der Waals surface area contributed by atoms with E-state index in [1.165, 1.54) is 6.07 Å². The van der Waals surface area contributed by atoms with Gasteiger partial charge in [-0.25, -0.2) is 4.39 Å². The minimum atomic E-state index is -0.216. The van der Waals surface area contributed by atoms with Crippen LogP contribution in [-0.2, 0) is 9.47 Å². The Morgan fingerprint density at radius 1 is 1.38 bits per heavy atom. The van der Waals surface area contributed by atoms with Gasteiger partial charge in [0.25, 0.3) is 0 Å². The molecule has 16 heavy (non-hydrogen) atoms. The molecule has 0 aliphatic carbocycles. The third-order valence-corrected chi connectivity index (χ3v) is 2.99. The molecule has 1 rings (SSSR count). The maximum Gasteiger partial charge on any atom is 0.129 e. The molecule has 0 bridgehead atoms. The molecule has 2 unspecified atom stereocenters. The Morgan fingerprint density at radius 3 is 2.62 bits per heavy atom. The zero-order valence-corrected chi connectivity index (χ0v) is 11.6. The molecule has 0 aliphatic rings. The summed E-state index contributed by atoms with van der Waals surface area (Å²) < 4.78 is 25.0. The van der Waals surface area contributed by atoms with Gasteiger partial charge < -0.3 is 9.47 Å². The Morgan fingerprint density at radius 2 is 2.06 bits per heavy atom. The summed E-state index contributed by atoms with van der Waals surface area (Å²) in [6.07, 6.45) is -0.253. The fourth-order valence-corrected chi connectivity index (χ4v) is 2.17. The van der Waals surface area contributed by atoms with E-state index in [1.807, 2.05) is 13.0 Å². The number of hydrogen-bond donors (Lipinski definition) is 0. The zero-order valence-electron chi connectivity index (χ0n) is 9.45. The highest BCUT2D eigenvalue weighted by molar-refractivity contribution is 14.1. The second-order valence-electron chi connectivity index (χ2n) is 3.57. The average molecular weight is 338 g/mol. The Labute approximate surface area is 109 Å². The summed E-state index contributed by atoms with van der Waals surface area (Å²) >= 11 is 2.20. The number of benzene rings is 1. The van der Waals surface area contributed by atoms with Crippen molar-refractivity contribution in [3.63, 3.8) is 0 Å². The first-order valence-corrected chi connectivity index (χ1v) is 6.66. The highest BCUT2D eigenvalue weighted by atomic mass is 127. The number of alkyl halides is 1. The van der Waals surface area contributed by atoms with E-state index in [-0.39, 0.29) is 18.0 Å². The second-order valence-corrected chi connectivity index (χ2v) is 4.45. The van der Waals surface area contributed by atoms with Crippen LogP contribution in [0.25, 0.3) is 0 Å². The van der Waals surface area contributed by atoms with Gasteiger partial charge >= 0.3 is 0 Å². The molecule has 0 saturated heterocycles. The quantitative estimate of drug-likeness (QED) is 0.585. The van der Waals surface area contributed by atoms with Gasteiger partial charge in [0, 0.05) is 17.1 Å². The van der Waals surface area contributed by atoms with Gasteiger partial charge in [-0.15, -0.1) is 0 Å². The molecule has 0 spiro atoms. The summed E-state index contributed by atoms with van der Waals surface area (Å²) in [5.41, 5.74) is 0.611. The van der Waals surface area contributed by atoms with E-state index in [1.54, 1.807) is 19.2 Å². The van der Waals surface area contributed by atoms with Crippen LogP contribution in [0.3, 0.4) is 0 Å². The highest BCUT2D eigenvalue weighted by Crippen LogP contribution is 2.24. The number of hydrogen-bond acceptors (Lipinski definition) is 2. The van der Waals surface area contributed by atoms with E-state index in [0.29, 0.717) is 16.6 Å². The van der Waals surface area contributed by atoms with Gasteiger partial charge in [-0.1, -0.05) is 40.8 Å². The molecule has 0 radical (unpaired) electrons. The van der Waals surface area contributed by atoms with Crippen LogP contribution in [0.5, 0.6) is 0 Å². The normalized spacial score (nSPS) is 14.8. The lowest BCUT2D eigenvalue weighted by molar-refractivity contribution is -0.0303. The van der Waals surface area contributed by atoms with Crippen molar-refractivity contribution in [3.8, 4) is 0 Å². The van der Waals surface area contributed by atoms with Crippen LogP contribution in [0.2, 0.25) is 0 Å². The smallest absolute Gasteiger partial charge is 0.129 e. The average Bonchev–Trinajstić information content (AvgIpc) is 2.27. The van der Waals surface area contributed by atoms with Crippen LogP contribution in [0.15, 0.2) is 24.3 Å². The minimum absolute atomic E-state index is 0.0376. The van der Waals surface area contributed by atoms with Gasteiger partial charge in [0.1, 0.15) is 5.82 Å². The van der Waals surface area contributed by atoms with Crippen molar-refractivity contribution in [2.24, 2.45) is 0 Å². The maximum absolute atomic E-state index is 13.5. The lowest BCUT2D eigenvalue weighted by Crippen LogP contribution is -2.20. The summed E-state index contributed by atoms with van der Waals surface area (Å²) in [4.78, 5) is 0. The maximum atomic E-state index is 13.5. The van der Waals surface area contributed by atoms with Crippen molar-refractivity contribution in [3.05, 3.63) is 35.6 Å². The van der Waals surface area contributed by atoms with E-state index in [4.69, 9.17) is 9.47 Å². The van der Waals surface area contributed by atoms with E-state index < -0.39 is 0 Å². The van der Waals surface area contributed by atoms with Crippen LogP contribution in [-0.4, -0.2) is 24.2 Å². The monoisotopic (exact) mass is 338 g/mol. The van der Waals surface area contributed by atoms with Gasteiger partial charge in [-0.05, 0) is 13.0 Å². The third-order valence-electron chi connectivity index (χ3n) is 2.19. The molecule has 1 aromatic carbocycles. The number of methoxy groups -OCH3 is 1. The largest absolute Gasteiger partial charge is 0.382 e. The lowest BCUT2D eigenvalue weighted by atomic mass is 10.1. The number of halogens is 2. The Balaban J connectivity index is 2.71. The molecule has 0 aromatic heterocycles. The highest BCUT2D eigenvalue weighted by Gasteiger charge is 2.17. The van der Waals surface area contributed by atoms with Crippen molar-refractivity contribution < 1.29 is 13.9 Å². The molecule has 0 aliphatic heterocycles. The van der Waals surface area contributed by atoms with E-state index >= 15 is 0 Å². The first-order chi connectivity index (χ1) is 7.69. The molecular weight excluding hydrogens is 322 g/mol. The van der Waals surface area contributed by atoms with E-state index in [9.17, 15) is 4.39 Å². The van der Waals surface area contributed by atoms with Crippen molar-refractivity contribution in [1.82, 2.24) is 0 Å². The third kappa shape index (κ3) is 3.99. The van der Waals surface area contributed by atoms with Gasteiger partial charge in [0.2, 0.25) is 0 Å². The van der Waals surface area contributed by atoms with Crippen molar-refractivity contribution in [1.29, 1.82) is 0 Å². The van der Waals surface area contributed by atoms with Crippen molar-refractivity contribution in [2.45, 2.75) is 19.1 Å². The standard InChI is InChI=1S/C12H16FIO2/c1-9(8-15-2)16-12(7-14)10-5-3-4-6-11(10)13/h3-6,9,12H,7-8H2,1-2H3. The Kier molecular flexibility index (Phi) is 6.23. The minimum Gasteiger partial charge on any atom is -0.382 e. The summed E-state index contributed by atoms with van der Waals surface area (Å²) in [5, 5.41) is 0. The summed E-state index contributed by atoms with van der Waals surface area (Å²) in [5.74, 6) is -0.214. The molecule has 1 aromatic rings. The first kappa shape index (κ1) is 13.9. The van der Waals surface area contributed by atoms with Crippen LogP contribution in [0.1, 0.15) is 18.6 Å². The molecule has 0 saturated carbocycles. The predicted octanol–water partition coefficient (Wildman–Crippen LogP) is 3.35. The van der Waals surface area contributed by atoms with Crippen LogP contribution >= 0.6 is 22.6 Å². The predicted molar refractivity (Wildman–Crippen MR) is 70.5 cm³/mol. The van der Waals surface area contributed by atoms with Crippen molar-refractivity contribution >= 4 is 22.6 Å². The number of ether oxygens (including phenoxy) is 2. The van der Waals surface area contributed by atoms with Crippen LogP contribution in [0, 0.1) is 5.82 Å². The molecule has 0 heterocycles. The first-order valence-electron chi connectivity index (χ1n) is 5.13. The number of rotatable bonds is 6. The zero-order chi connectivity index (χ0) is 12.0. The Hall–Kier alpha value is -0.200. The summed E-state index contributed by atoms with van der Waals surface area (Å²) in [6, 6.07) is 6.72. The fraction of sp³-hybridized carbons (Fsp3) is 0.500. The molecule has 0 amide bonds. The second kappa shape index (κ2) is 7.19. The fourth-order valence-electron chi connectivity index (χ4n) is 1.48. The van der Waals surface area contributed by atoms with Gasteiger partial charge in [-0.2, -0.15) is 0 Å². The van der Waals surface area contributed by atoms with Crippen LogP contribution in [0.4, 0.5) is 4.39 Å². The molecule has 2 atom stereocenters. The van der Waals surface area contributed by atoms with Gasteiger partial charge in [0.15, 0.2) is 0 Å². The molecule has 0 fully saturated rings. The summed E-state index contributed by atoms with van der Waals surface area (Å²) in [6.45, 7) is 2.44. The van der Waals surface area contributed by atoms with Gasteiger partial charge in [0.05, 0.1) is 18.8 Å². The van der Waals surface area contributed by atoms with E-state index in [0.717, 1.165) is 0 Å². The van der Waals surface area contributed by atoms with Gasteiger partial charge in [-0.3, -0.25) is 0 Å². The molecular formula is C12H16FIO2.